The predicted octanol–water partition coefficient (Wildman–Crippen LogP) is 8.41. The second-order valence-corrected chi connectivity index (χ2v) is 11.5. The third-order valence-electron chi connectivity index (χ3n) is 9.60. The third-order valence-corrected chi connectivity index (χ3v) is 9.60. The summed E-state index contributed by atoms with van der Waals surface area (Å²) in [6, 6.07) is 22.5. The largest absolute Gasteiger partial charge is 0.377 e. The van der Waals surface area contributed by atoms with Crippen molar-refractivity contribution in [3.05, 3.63) is 71.8 Å². The van der Waals surface area contributed by atoms with Gasteiger partial charge in [-0.1, -0.05) is 99.7 Å². The molecule has 2 aromatic rings. The molecule has 3 aliphatic rings. The van der Waals surface area contributed by atoms with Gasteiger partial charge in [0.1, 0.15) is 0 Å². The van der Waals surface area contributed by atoms with E-state index in [0.29, 0.717) is 16.9 Å². The Morgan fingerprint density at radius 1 is 0.818 bits per heavy atom. The lowest BCUT2D eigenvalue weighted by molar-refractivity contribution is 0.0608. The molecule has 1 spiro atoms. The zero-order valence-corrected chi connectivity index (χ0v) is 20.8. The molecule has 3 aliphatic carbocycles. The SMILES string of the molecule is CCCCOC1C(C2CCCC23CCCCC3)C1(CCc1ccccc1)Cc1ccccc1. The van der Waals surface area contributed by atoms with E-state index in [1.54, 1.807) is 0 Å². The van der Waals surface area contributed by atoms with Crippen molar-refractivity contribution in [2.75, 3.05) is 6.61 Å². The zero-order chi connectivity index (χ0) is 22.6. The van der Waals surface area contributed by atoms with Gasteiger partial charge in [0, 0.05) is 12.0 Å². The first-order chi connectivity index (χ1) is 16.3. The summed E-state index contributed by atoms with van der Waals surface area (Å²) in [6.07, 6.45) is 18.2. The minimum atomic E-state index is 0.310. The van der Waals surface area contributed by atoms with E-state index in [2.05, 4.69) is 67.6 Å². The van der Waals surface area contributed by atoms with Crippen LogP contribution < -0.4 is 0 Å². The van der Waals surface area contributed by atoms with E-state index in [1.165, 1.54) is 94.6 Å². The zero-order valence-electron chi connectivity index (χ0n) is 20.8. The lowest BCUT2D eigenvalue weighted by atomic mass is 9.64. The first-order valence-electron chi connectivity index (χ1n) is 14.0. The lowest BCUT2D eigenvalue weighted by Crippen LogP contribution is -2.31. The molecular weight excluding hydrogens is 400 g/mol. The Kier molecular flexibility index (Phi) is 7.26. The van der Waals surface area contributed by atoms with Gasteiger partial charge in [0.15, 0.2) is 0 Å². The molecule has 0 N–H and O–H groups in total. The number of unbranched alkanes of at least 4 members (excludes halogenated alkanes) is 1. The van der Waals surface area contributed by atoms with E-state index in [1.807, 2.05) is 0 Å². The molecule has 33 heavy (non-hydrogen) atoms. The molecule has 0 radical (unpaired) electrons. The van der Waals surface area contributed by atoms with Crippen LogP contribution in [-0.4, -0.2) is 12.7 Å². The van der Waals surface area contributed by atoms with Gasteiger partial charge in [0.2, 0.25) is 0 Å². The van der Waals surface area contributed by atoms with Gasteiger partial charge in [-0.25, -0.2) is 0 Å². The molecule has 4 unspecified atom stereocenters. The Hall–Kier alpha value is -1.60. The average Bonchev–Trinajstić information content (AvgIpc) is 3.28. The number of benzene rings is 2. The molecule has 0 aromatic heterocycles. The van der Waals surface area contributed by atoms with Crippen LogP contribution >= 0.6 is 0 Å². The fourth-order valence-corrected chi connectivity index (χ4v) is 7.94. The van der Waals surface area contributed by atoms with Gasteiger partial charge in [-0.3, -0.25) is 0 Å². The highest BCUT2D eigenvalue weighted by Gasteiger charge is 2.70. The van der Waals surface area contributed by atoms with Gasteiger partial charge >= 0.3 is 0 Å². The van der Waals surface area contributed by atoms with Crippen LogP contribution in [0.2, 0.25) is 0 Å². The maximum Gasteiger partial charge on any atom is 0.0675 e. The Morgan fingerprint density at radius 2 is 1.48 bits per heavy atom. The number of hydrogen-bond acceptors (Lipinski definition) is 1. The van der Waals surface area contributed by atoms with Crippen molar-refractivity contribution in [1.82, 2.24) is 0 Å². The fraction of sp³-hybridized carbons (Fsp3) is 0.625. The van der Waals surface area contributed by atoms with Gasteiger partial charge in [0.05, 0.1) is 6.10 Å². The molecule has 0 heterocycles. The summed E-state index contributed by atoms with van der Waals surface area (Å²) in [6.45, 7) is 3.23. The van der Waals surface area contributed by atoms with Crippen LogP contribution in [0.4, 0.5) is 0 Å². The summed E-state index contributed by atoms with van der Waals surface area (Å²) in [5, 5.41) is 0. The molecule has 4 atom stereocenters. The molecule has 0 amide bonds. The van der Waals surface area contributed by atoms with Crippen LogP contribution in [0.15, 0.2) is 60.7 Å². The van der Waals surface area contributed by atoms with E-state index < -0.39 is 0 Å². The second-order valence-electron chi connectivity index (χ2n) is 11.5. The van der Waals surface area contributed by atoms with Crippen LogP contribution in [-0.2, 0) is 17.6 Å². The minimum absolute atomic E-state index is 0.310. The smallest absolute Gasteiger partial charge is 0.0675 e. The first kappa shape index (κ1) is 23.2. The lowest BCUT2D eigenvalue weighted by Gasteiger charge is -2.40. The van der Waals surface area contributed by atoms with Crippen molar-refractivity contribution in [3.63, 3.8) is 0 Å². The molecular formula is C32H44O. The van der Waals surface area contributed by atoms with E-state index in [9.17, 15) is 0 Å². The van der Waals surface area contributed by atoms with Gasteiger partial charge < -0.3 is 4.74 Å². The van der Waals surface area contributed by atoms with Crippen LogP contribution in [0.5, 0.6) is 0 Å². The van der Waals surface area contributed by atoms with Crippen LogP contribution in [0.25, 0.3) is 0 Å². The van der Waals surface area contributed by atoms with Gasteiger partial charge in [-0.05, 0) is 79.7 Å². The molecule has 0 bridgehead atoms. The number of aryl methyl sites for hydroxylation is 1. The van der Waals surface area contributed by atoms with Crippen molar-refractivity contribution >= 4 is 0 Å². The third kappa shape index (κ3) is 4.81. The van der Waals surface area contributed by atoms with Crippen LogP contribution in [0, 0.1) is 22.7 Å². The number of rotatable bonds is 10. The monoisotopic (exact) mass is 444 g/mol. The molecule has 178 valence electrons. The normalized spacial score (nSPS) is 30.5. The minimum Gasteiger partial charge on any atom is -0.377 e. The van der Waals surface area contributed by atoms with Crippen LogP contribution in [0.3, 0.4) is 0 Å². The summed E-state index contributed by atoms with van der Waals surface area (Å²) in [4.78, 5) is 0. The van der Waals surface area contributed by atoms with E-state index in [0.717, 1.165) is 18.4 Å². The Labute approximate surface area is 202 Å². The number of ether oxygens (including phenoxy) is 1. The predicted molar refractivity (Wildman–Crippen MR) is 138 cm³/mol. The molecule has 1 nitrogen and oxygen atoms in total. The molecule has 0 saturated heterocycles. The number of hydrogen-bond donors (Lipinski definition) is 0. The van der Waals surface area contributed by atoms with E-state index in [-0.39, 0.29) is 0 Å². The molecule has 3 fully saturated rings. The summed E-state index contributed by atoms with van der Waals surface area (Å²) in [7, 11) is 0. The molecule has 3 saturated carbocycles. The van der Waals surface area contributed by atoms with Gasteiger partial charge in [-0.2, -0.15) is 0 Å². The van der Waals surface area contributed by atoms with E-state index >= 15 is 0 Å². The summed E-state index contributed by atoms with van der Waals surface area (Å²) < 4.78 is 6.83. The molecule has 5 rings (SSSR count). The van der Waals surface area contributed by atoms with E-state index in [4.69, 9.17) is 4.74 Å². The topological polar surface area (TPSA) is 9.23 Å². The maximum atomic E-state index is 6.83. The summed E-state index contributed by atoms with van der Waals surface area (Å²) in [5.41, 5.74) is 3.93. The first-order valence-corrected chi connectivity index (χ1v) is 14.0. The quantitative estimate of drug-likeness (QED) is 0.334. The van der Waals surface area contributed by atoms with Crippen molar-refractivity contribution in [1.29, 1.82) is 0 Å². The van der Waals surface area contributed by atoms with Gasteiger partial charge in [0.25, 0.3) is 0 Å². The van der Waals surface area contributed by atoms with Crippen molar-refractivity contribution in [2.45, 2.75) is 96.5 Å². The molecule has 1 heteroatoms. The average molecular weight is 445 g/mol. The fourth-order valence-electron chi connectivity index (χ4n) is 7.94. The Bertz CT molecular complexity index is 853. The van der Waals surface area contributed by atoms with Gasteiger partial charge in [-0.15, -0.1) is 0 Å². The Morgan fingerprint density at radius 3 is 2.18 bits per heavy atom. The molecule has 2 aromatic carbocycles. The highest BCUT2D eigenvalue weighted by molar-refractivity contribution is 5.27. The Balaban J connectivity index is 1.44. The second kappa shape index (κ2) is 10.3. The van der Waals surface area contributed by atoms with Crippen molar-refractivity contribution in [3.8, 4) is 0 Å². The summed E-state index contributed by atoms with van der Waals surface area (Å²) >= 11 is 0. The maximum absolute atomic E-state index is 6.83. The van der Waals surface area contributed by atoms with Crippen molar-refractivity contribution in [2.24, 2.45) is 22.7 Å². The summed E-state index contributed by atoms with van der Waals surface area (Å²) in [5.74, 6) is 1.63. The van der Waals surface area contributed by atoms with Crippen LogP contribution in [0.1, 0.15) is 88.7 Å². The highest BCUT2D eigenvalue weighted by atomic mass is 16.5. The standard InChI is InChI=1S/C32H44O/c1-2-3-24-33-30-29(28-18-13-22-31(28)20-11-6-12-21-31)32(30,25-27-16-9-5-10-17-27)23-19-26-14-7-4-8-15-26/h4-5,7-10,14-17,28-30H,2-3,6,11-13,18-25H2,1H3. The molecule has 0 aliphatic heterocycles. The highest BCUT2D eigenvalue weighted by Crippen LogP contribution is 2.70. The van der Waals surface area contributed by atoms with Crippen molar-refractivity contribution < 1.29 is 4.74 Å².